The molecule has 0 aliphatic carbocycles. The van der Waals surface area contributed by atoms with Crippen LogP contribution in [0.2, 0.25) is 5.02 Å². The summed E-state index contributed by atoms with van der Waals surface area (Å²) in [6.07, 6.45) is 0. The van der Waals surface area contributed by atoms with Gasteiger partial charge in [-0.25, -0.2) is 0 Å². The summed E-state index contributed by atoms with van der Waals surface area (Å²) in [6.45, 7) is 0. The highest BCUT2D eigenvalue weighted by Crippen LogP contribution is 2.34. The first-order valence-electron chi connectivity index (χ1n) is 6.44. The molecule has 0 saturated heterocycles. The molecule has 0 aliphatic rings. The van der Waals surface area contributed by atoms with Crippen LogP contribution in [0, 0.1) is 3.57 Å². The Hall–Kier alpha value is -0.980. The first kappa shape index (κ1) is 16.4. The maximum atomic E-state index is 6.14. The van der Waals surface area contributed by atoms with Crippen LogP contribution in [0.4, 0.5) is 0 Å². The second-order valence-corrected chi connectivity index (χ2v) is 6.10. The molecule has 2 aromatic rings. The molecule has 112 valence electrons. The van der Waals surface area contributed by atoms with Gasteiger partial charge >= 0.3 is 0 Å². The lowest BCUT2D eigenvalue weighted by Crippen LogP contribution is -2.18. The number of rotatable bonds is 5. The molecule has 2 aromatic carbocycles. The third kappa shape index (κ3) is 3.62. The van der Waals surface area contributed by atoms with Crippen molar-refractivity contribution in [3.63, 3.8) is 0 Å². The van der Waals surface area contributed by atoms with Crippen molar-refractivity contribution in [2.75, 3.05) is 21.3 Å². The van der Waals surface area contributed by atoms with Crippen molar-refractivity contribution in [3.8, 4) is 11.5 Å². The maximum Gasteiger partial charge on any atom is 0.161 e. The molecule has 0 saturated carbocycles. The van der Waals surface area contributed by atoms with Crippen molar-refractivity contribution >= 4 is 34.2 Å². The van der Waals surface area contributed by atoms with Gasteiger partial charge in [-0.2, -0.15) is 0 Å². The molecule has 3 nitrogen and oxygen atoms in total. The zero-order valence-corrected chi connectivity index (χ0v) is 15.0. The second-order valence-electron chi connectivity index (χ2n) is 4.50. The molecular weight excluding hydrogens is 401 g/mol. The zero-order valence-electron chi connectivity index (χ0n) is 12.1. The summed E-state index contributed by atoms with van der Waals surface area (Å²) < 4.78 is 11.8. The molecule has 1 unspecified atom stereocenters. The van der Waals surface area contributed by atoms with E-state index in [9.17, 15) is 0 Å². The highest BCUT2D eigenvalue weighted by Gasteiger charge is 2.17. The van der Waals surface area contributed by atoms with Crippen molar-refractivity contribution in [2.45, 2.75) is 6.04 Å². The first-order chi connectivity index (χ1) is 10.1. The van der Waals surface area contributed by atoms with Gasteiger partial charge in [0.05, 0.1) is 20.3 Å². The number of hydrogen-bond donors (Lipinski definition) is 1. The normalized spacial score (nSPS) is 12.0. The van der Waals surface area contributed by atoms with Gasteiger partial charge in [0.15, 0.2) is 11.5 Å². The molecule has 0 aliphatic heterocycles. The van der Waals surface area contributed by atoms with E-state index in [4.69, 9.17) is 21.1 Å². The second kappa shape index (κ2) is 7.33. The molecule has 0 radical (unpaired) electrons. The van der Waals surface area contributed by atoms with E-state index in [1.165, 1.54) is 0 Å². The molecule has 1 N–H and O–H groups in total. The molecule has 0 amide bonds. The summed E-state index contributed by atoms with van der Waals surface area (Å²) in [5.74, 6) is 1.43. The van der Waals surface area contributed by atoms with Gasteiger partial charge in [-0.3, -0.25) is 0 Å². The molecule has 21 heavy (non-hydrogen) atoms. The van der Waals surface area contributed by atoms with Gasteiger partial charge < -0.3 is 14.8 Å². The minimum atomic E-state index is 0.0374. The average molecular weight is 418 g/mol. The van der Waals surface area contributed by atoms with E-state index in [0.29, 0.717) is 5.75 Å². The number of nitrogens with one attached hydrogen (secondary N) is 1. The summed E-state index contributed by atoms with van der Waals surface area (Å²) in [5, 5.41) is 4.06. The predicted octanol–water partition coefficient (Wildman–Crippen LogP) is 4.27. The predicted molar refractivity (Wildman–Crippen MR) is 94.6 cm³/mol. The lowest BCUT2D eigenvalue weighted by molar-refractivity contribution is 0.354. The van der Waals surface area contributed by atoms with Crippen LogP contribution >= 0.6 is 34.2 Å². The lowest BCUT2D eigenvalue weighted by atomic mass is 9.98. The van der Waals surface area contributed by atoms with E-state index in [2.05, 4.69) is 27.9 Å². The summed E-state index contributed by atoms with van der Waals surface area (Å²) in [4.78, 5) is 0. The Balaban J connectivity index is 2.48. The average Bonchev–Trinajstić information content (AvgIpc) is 2.51. The fourth-order valence-corrected chi connectivity index (χ4v) is 3.10. The molecule has 2 rings (SSSR count). The number of benzene rings is 2. The maximum absolute atomic E-state index is 6.14. The molecule has 0 aromatic heterocycles. The van der Waals surface area contributed by atoms with Crippen molar-refractivity contribution in [1.82, 2.24) is 5.32 Å². The van der Waals surface area contributed by atoms with E-state index in [1.54, 1.807) is 14.2 Å². The van der Waals surface area contributed by atoms with Gasteiger partial charge in [-0.05, 0) is 71.1 Å². The molecule has 0 heterocycles. The summed E-state index contributed by atoms with van der Waals surface area (Å²) in [5.41, 5.74) is 2.23. The zero-order chi connectivity index (χ0) is 15.4. The Kier molecular flexibility index (Phi) is 5.72. The van der Waals surface area contributed by atoms with Crippen molar-refractivity contribution < 1.29 is 9.47 Å². The summed E-state index contributed by atoms with van der Waals surface area (Å²) >= 11 is 8.46. The Morgan fingerprint density at radius 2 is 1.76 bits per heavy atom. The van der Waals surface area contributed by atoms with E-state index >= 15 is 0 Å². The largest absolute Gasteiger partial charge is 0.493 e. The van der Waals surface area contributed by atoms with Gasteiger partial charge in [-0.15, -0.1) is 0 Å². The molecule has 1 atom stereocenters. The van der Waals surface area contributed by atoms with Crippen LogP contribution in [0.15, 0.2) is 36.4 Å². The van der Waals surface area contributed by atoms with Gasteiger partial charge in [0.1, 0.15) is 0 Å². The highest BCUT2D eigenvalue weighted by atomic mass is 127. The summed E-state index contributed by atoms with van der Waals surface area (Å²) in [6, 6.07) is 11.9. The van der Waals surface area contributed by atoms with Crippen molar-refractivity contribution in [1.29, 1.82) is 0 Å². The van der Waals surface area contributed by atoms with Crippen molar-refractivity contribution in [2.24, 2.45) is 0 Å². The van der Waals surface area contributed by atoms with Crippen LogP contribution < -0.4 is 14.8 Å². The fourth-order valence-electron chi connectivity index (χ4n) is 2.27. The molecule has 0 spiro atoms. The third-order valence-electron chi connectivity index (χ3n) is 3.30. The molecule has 0 fully saturated rings. The van der Waals surface area contributed by atoms with E-state index in [1.807, 2.05) is 43.4 Å². The van der Waals surface area contributed by atoms with E-state index in [-0.39, 0.29) is 6.04 Å². The van der Waals surface area contributed by atoms with Gasteiger partial charge in [-0.1, -0.05) is 17.7 Å². The summed E-state index contributed by atoms with van der Waals surface area (Å²) in [7, 11) is 5.20. The van der Waals surface area contributed by atoms with Crippen LogP contribution in [0.25, 0.3) is 0 Å². The number of halogens is 2. The van der Waals surface area contributed by atoms with Gasteiger partial charge in [0, 0.05) is 8.59 Å². The minimum absolute atomic E-state index is 0.0374. The Morgan fingerprint density at radius 3 is 2.38 bits per heavy atom. The van der Waals surface area contributed by atoms with Crippen molar-refractivity contribution in [3.05, 3.63) is 56.1 Å². The Labute approximate surface area is 143 Å². The van der Waals surface area contributed by atoms with E-state index in [0.717, 1.165) is 25.5 Å². The Bertz CT molecular complexity index is 634. The van der Waals surface area contributed by atoms with Gasteiger partial charge in [0.25, 0.3) is 0 Å². The third-order valence-corrected chi connectivity index (χ3v) is 4.52. The SMILES string of the molecule is CNC(c1ccc(OC)c(OC)c1)c1cc(Cl)ccc1I. The van der Waals surface area contributed by atoms with Crippen LogP contribution in [-0.4, -0.2) is 21.3 Å². The Morgan fingerprint density at radius 1 is 1.05 bits per heavy atom. The molecule has 0 bridgehead atoms. The standard InChI is InChI=1S/C16H17ClINO2/c1-19-16(12-9-11(17)5-6-13(12)18)10-4-7-14(20-2)15(8-10)21-3/h4-9,16,19H,1-3H3. The van der Waals surface area contributed by atoms with E-state index < -0.39 is 0 Å². The topological polar surface area (TPSA) is 30.5 Å². The number of ether oxygens (including phenoxy) is 2. The fraction of sp³-hybridized carbons (Fsp3) is 0.250. The van der Waals surface area contributed by atoms with Crippen LogP contribution in [0.3, 0.4) is 0 Å². The monoisotopic (exact) mass is 417 g/mol. The number of hydrogen-bond acceptors (Lipinski definition) is 3. The lowest BCUT2D eigenvalue weighted by Gasteiger charge is -2.20. The van der Waals surface area contributed by atoms with Crippen LogP contribution in [0.1, 0.15) is 17.2 Å². The smallest absolute Gasteiger partial charge is 0.161 e. The van der Waals surface area contributed by atoms with Gasteiger partial charge in [0.2, 0.25) is 0 Å². The first-order valence-corrected chi connectivity index (χ1v) is 7.90. The quantitative estimate of drug-likeness (QED) is 0.737. The van der Waals surface area contributed by atoms with Crippen LogP contribution in [-0.2, 0) is 0 Å². The number of methoxy groups -OCH3 is 2. The molecule has 5 heteroatoms. The van der Waals surface area contributed by atoms with Crippen LogP contribution in [0.5, 0.6) is 11.5 Å². The minimum Gasteiger partial charge on any atom is -0.493 e. The highest BCUT2D eigenvalue weighted by molar-refractivity contribution is 14.1. The molecular formula is C16H17ClINO2.